The zero-order chi connectivity index (χ0) is 16.0. The zero-order valence-electron chi connectivity index (χ0n) is 11.7. The maximum Gasteiger partial charge on any atom is 0.325 e. The van der Waals surface area contributed by atoms with Crippen LogP contribution in [0.5, 0.6) is 0 Å². The van der Waals surface area contributed by atoms with Gasteiger partial charge in [-0.3, -0.25) is 13.9 Å². The molecule has 1 atom stereocenters. The number of methoxy groups -OCH3 is 1. The molecule has 0 aliphatic rings. The third-order valence-electron chi connectivity index (χ3n) is 2.86. The highest BCUT2D eigenvalue weighted by Gasteiger charge is 2.35. The van der Waals surface area contributed by atoms with E-state index in [9.17, 15) is 18.0 Å². The van der Waals surface area contributed by atoms with Crippen LogP contribution in [0.15, 0.2) is 30.3 Å². The molecule has 1 unspecified atom stereocenters. The zero-order valence-corrected chi connectivity index (χ0v) is 12.5. The van der Waals surface area contributed by atoms with E-state index in [1.165, 1.54) is 19.1 Å². The van der Waals surface area contributed by atoms with Gasteiger partial charge >= 0.3 is 11.9 Å². The van der Waals surface area contributed by atoms with E-state index in [1.807, 2.05) is 0 Å². The number of ether oxygens (including phenoxy) is 1. The molecule has 0 fully saturated rings. The van der Waals surface area contributed by atoms with E-state index in [1.54, 1.807) is 18.2 Å². The Hall–Kier alpha value is -2.09. The van der Waals surface area contributed by atoms with Crippen molar-refractivity contribution >= 4 is 27.6 Å². The minimum atomic E-state index is -4.07. The monoisotopic (exact) mass is 315 g/mol. The standard InChI is InChI=1S/C13H17NO6S/c1-10(13(17)20-2)21(18,19)14(9-8-12(15)16)11-6-4-3-5-7-11/h3-7,10H,8-9H2,1-2H3,(H,15,16). The van der Waals surface area contributed by atoms with Crippen molar-refractivity contribution in [1.82, 2.24) is 0 Å². The highest BCUT2D eigenvalue weighted by molar-refractivity contribution is 7.94. The molecule has 0 aliphatic heterocycles. The van der Waals surface area contributed by atoms with Gasteiger partial charge in [0.2, 0.25) is 10.0 Å². The number of sulfonamides is 1. The maximum absolute atomic E-state index is 12.5. The molecule has 0 heterocycles. The van der Waals surface area contributed by atoms with Crippen LogP contribution >= 0.6 is 0 Å². The molecule has 0 saturated carbocycles. The predicted molar refractivity (Wildman–Crippen MR) is 76.4 cm³/mol. The Bertz CT molecular complexity index is 598. The molecule has 1 aromatic carbocycles. The molecule has 0 saturated heterocycles. The molecule has 0 bridgehead atoms. The predicted octanol–water partition coefficient (Wildman–Crippen LogP) is 0.859. The second-order valence-electron chi connectivity index (χ2n) is 4.26. The Morgan fingerprint density at radius 1 is 1.29 bits per heavy atom. The molecule has 0 spiro atoms. The molecule has 116 valence electrons. The SMILES string of the molecule is COC(=O)C(C)S(=O)(=O)N(CCC(=O)O)c1ccccc1. The molecule has 0 amide bonds. The van der Waals surface area contributed by atoms with Crippen LogP contribution in [-0.4, -0.2) is 44.4 Å². The maximum atomic E-state index is 12.5. The van der Waals surface area contributed by atoms with Gasteiger partial charge in [-0.25, -0.2) is 8.42 Å². The summed E-state index contributed by atoms with van der Waals surface area (Å²) in [6.45, 7) is 0.945. The number of esters is 1. The fraction of sp³-hybridized carbons (Fsp3) is 0.385. The Morgan fingerprint density at radius 3 is 2.33 bits per heavy atom. The number of nitrogens with zero attached hydrogens (tertiary/aromatic N) is 1. The third kappa shape index (κ3) is 4.19. The molecular formula is C13H17NO6S. The topological polar surface area (TPSA) is 101 Å². The van der Waals surface area contributed by atoms with Gasteiger partial charge in [-0.05, 0) is 19.1 Å². The number of benzene rings is 1. The van der Waals surface area contributed by atoms with Crippen LogP contribution in [0.25, 0.3) is 0 Å². The second-order valence-corrected chi connectivity index (χ2v) is 6.44. The molecule has 8 heteroatoms. The first-order chi connectivity index (χ1) is 9.80. The summed E-state index contributed by atoms with van der Waals surface area (Å²) in [6.07, 6.45) is -0.373. The number of rotatable bonds is 7. The van der Waals surface area contributed by atoms with Gasteiger partial charge in [-0.1, -0.05) is 18.2 Å². The number of carbonyl (C=O) groups is 2. The Labute approximate surface area is 123 Å². The fourth-order valence-electron chi connectivity index (χ4n) is 1.67. The number of hydrogen-bond acceptors (Lipinski definition) is 5. The molecule has 0 aromatic heterocycles. The van der Waals surface area contributed by atoms with Gasteiger partial charge in [0.05, 0.1) is 19.2 Å². The van der Waals surface area contributed by atoms with Gasteiger partial charge in [0.15, 0.2) is 5.25 Å². The number of carbonyl (C=O) groups excluding carboxylic acids is 1. The number of carboxylic acids is 1. The first-order valence-corrected chi connectivity index (χ1v) is 7.67. The summed E-state index contributed by atoms with van der Waals surface area (Å²) in [5.74, 6) is -2.02. The van der Waals surface area contributed by atoms with Crippen LogP contribution < -0.4 is 4.31 Å². The molecule has 0 radical (unpaired) electrons. The molecule has 1 N–H and O–H groups in total. The van der Waals surface area contributed by atoms with Crippen LogP contribution in [-0.2, 0) is 24.3 Å². The lowest BCUT2D eigenvalue weighted by Crippen LogP contribution is -2.42. The molecule has 1 rings (SSSR count). The summed E-state index contributed by atoms with van der Waals surface area (Å²) >= 11 is 0. The van der Waals surface area contributed by atoms with Gasteiger partial charge in [0, 0.05) is 6.54 Å². The van der Waals surface area contributed by atoms with Crippen molar-refractivity contribution in [2.75, 3.05) is 18.0 Å². The number of para-hydroxylation sites is 1. The summed E-state index contributed by atoms with van der Waals surface area (Å²) in [7, 11) is -2.97. The van der Waals surface area contributed by atoms with Crippen molar-refractivity contribution in [2.45, 2.75) is 18.6 Å². The Balaban J connectivity index is 3.17. The van der Waals surface area contributed by atoms with Crippen molar-refractivity contribution < 1.29 is 27.9 Å². The Morgan fingerprint density at radius 2 is 1.86 bits per heavy atom. The summed E-state index contributed by atoms with van der Waals surface area (Å²) < 4.78 is 30.3. The van der Waals surface area contributed by atoms with Gasteiger partial charge in [-0.2, -0.15) is 0 Å². The average Bonchev–Trinajstić information content (AvgIpc) is 2.46. The fourth-order valence-corrected chi connectivity index (χ4v) is 3.16. The smallest absolute Gasteiger partial charge is 0.325 e. The van der Waals surface area contributed by atoms with Crippen molar-refractivity contribution in [3.63, 3.8) is 0 Å². The van der Waals surface area contributed by atoms with E-state index in [-0.39, 0.29) is 13.0 Å². The van der Waals surface area contributed by atoms with E-state index in [0.29, 0.717) is 5.69 Å². The van der Waals surface area contributed by atoms with E-state index in [4.69, 9.17) is 5.11 Å². The largest absolute Gasteiger partial charge is 0.481 e. The first-order valence-electron chi connectivity index (χ1n) is 6.17. The van der Waals surface area contributed by atoms with Crippen LogP contribution in [0.1, 0.15) is 13.3 Å². The molecular weight excluding hydrogens is 298 g/mol. The molecule has 1 aromatic rings. The van der Waals surface area contributed by atoms with Crippen LogP contribution in [0.3, 0.4) is 0 Å². The molecule has 0 aliphatic carbocycles. The minimum absolute atomic E-state index is 0.261. The van der Waals surface area contributed by atoms with Gasteiger partial charge in [-0.15, -0.1) is 0 Å². The van der Waals surface area contributed by atoms with Gasteiger partial charge < -0.3 is 9.84 Å². The quantitative estimate of drug-likeness (QED) is 0.749. The summed E-state index contributed by atoms with van der Waals surface area (Å²) in [6, 6.07) is 8.02. The van der Waals surface area contributed by atoms with E-state index >= 15 is 0 Å². The number of carboxylic acid groups (broad SMARTS) is 1. The molecule has 7 nitrogen and oxygen atoms in total. The van der Waals surface area contributed by atoms with Crippen molar-refractivity contribution in [1.29, 1.82) is 0 Å². The van der Waals surface area contributed by atoms with Crippen LogP contribution in [0.2, 0.25) is 0 Å². The lowest BCUT2D eigenvalue weighted by Gasteiger charge is -2.26. The van der Waals surface area contributed by atoms with Crippen molar-refractivity contribution in [3.05, 3.63) is 30.3 Å². The second kappa shape index (κ2) is 7.07. The molecule has 21 heavy (non-hydrogen) atoms. The summed E-state index contributed by atoms with van der Waals surface area (Å²) in [5, 5.41) is 7.34. The van der Waals surface area contributed by atoms with E-state index in [2.05, 4.69) is 4.74 Å². The average molecular weight is 315 g/mol. The first kappa shape index (κ1) is 17.0. The van der Waals surface area contributed by atoms with Gasteiger partial charge in [0.25, 0.3) is 0 Å². The highest BCUT2D eigenvalue weighted by Crippen LogP contribution is 2.21. The lowest BCUT2D eigenvalue weighted by molar-refractivity contribution is -0.139. The number of anilines is 1. The Kier molecular flexibility index (Phi) is 5.71. The number of hydrogen-bond donors (Lipinski definition) is 1. The van der Waals surface area contributed by atoms with E-state index in [0.717, 1.165) is 11.4 Å². The minimum Gasteiger partial charge on any atom is -0.481 e. The third-order valence-corrected chi connectivity index (χ3v) is 4.95. The van der Waals surface area contributed by atoms with Crippen LogP contribution in [0.4, 0.5) is 5.69 Å². The lowest BCUT2D eigenvalue weighted by atomic mass is 10.3. The van der Waals surface area contributed by atoms with Crippen molar-refractivity contribution in [3.8, 4) is 0 Å². The highest BCUT2D eigenvalue weighted by atomic mass is 32.2. The summed E-state index contributed by atoms with van der Waals surface area (Å²) in [4.78, 5) is 22.2. The summed E-state index contributed by atoms with van der Waals surface area (Å²) in [5.41, 5.74) is 0.300. The van der Waals surface area contributed by atoms with Crippen molar-refractivity contribution in [2.24, 2.45) is 0 Å². The van der Waals surface area contributed by atoms with Gasteiger partial charge in [0.1, 0.15) is 0 Å². The van der Waals surface area contributed by atoms with E-state index < -0.39 is 27.2 Å². The van der Waals surface area contributed by atoms with Crippen LogP contribution in [0, 0.1) is 0 Å². The normalized spacial score (nSPS) is 12.5. The number of aliphatic carboxylic acids is 1.